The lowest BCUT2D eigenvalue weighted by molar-refractivity contribution is 0.0285. The third-order valence-electron chi connectivity index (χ3n) is 5.13. The van der Waals surface area contributed by atoms with Gasteiger partial charge in [0, 0.05) is 37.7 Å². The van der Waals surface area contributed by atoms with Crippen LogP contribution in [0.25, 0.3) is 17.3 Å². The molecule has 0 spiro atoms. The van der Waals surface area contributed by atoms with E-state index in [-0.39, 0.29) is 18.8 Å². The molecule has 2 N–H and O–H groups in total. The fourth-order valence-corrected chi connectivity index (χ4v) is 4.78. The van der Waals surface area contributed by atoms with E-state index in [1.165, 1.54) is 35.4 Å². The Morgan fingerprint density at radius 1 is 1.25 bits per heavy atom. The summed E-state index contributed by atoms with van der Waals surface area (Å²) >= 11 is 0. The fourth-order valence-electron chi connectivity index (χ4n) is 3.53. The van der Waals surface area contributed by atoms with Gasteiger partial charge in [-0.25, -0.2) is 21.6 Å². The van der Waals surface area contributed by atoms with Gasteiger partial charge >= 0.3 is 6.09 Å². The number of carbonyl (C=O) groups excluding carboxylic acids is 1. The summed E-state index contributed by atoms with van der Waals surface area (Å²) in [7, 11) is -2.30. The van der Waals surface area contributed by atoms with Crippen LogP contribution in [-0.4, -0.2) is 46.8 Å². The number of rotatable bonds is 8. The smallest absolute Gasteiger partial charge is 0.410 e. The Hall–Kier alpha value is -3.50. The van der Waals surface area contributed by atoms with Gasteiger partial charge in [0.15, 0.2) is 0 Å². The Morgan fingerprint density at radius 3 is 2.64 bits per heavy atom. The Bertz CT molecular complexity index is 1350. The van der Waals surface area contributed by atoms with E-state index in [1.54, 1.807) is 58.4 Å². The van der Waals surface area contributed by atoms with Crippen LogP contribution in [0.1, 0.15) is 37.5 Å². The summed E-state index contributed by atoms with van der Waals surface area (Å²) in [5.41, 5.74) is 7.78. The molecule has 0 fully saturated rings. The summed E-state index contributed by atoms with van der Waals surface area (Å²) in [5, 5.41) is 0. The Kier molecular flexibility index (Phi) is 8.31. The minimum absolute atomic E-state index is 0.0202. The number of nitrogens with two attached hydrogens (primary N) is 1. The molecule has 0 saturated carbocycles. The number of aromatic nitrogens is 2. The van der Waals surface area contributed by atoms with E-state index in [1.807, 2.05) is 6.07 Å². The minimum Gasteiger partial charge on any atom is -0.444 e. The number of nitrogens with zero attached hydrogens (tertiary/aromatic N) is 3. The van der Waals surface area contributed by atoms with E-state index < -0.39 is 27.5 Å². The lowest BCUT2D eigenvalue weighted by Gasteiger charge is -2.24. The second-order valence-electron chi connectivity index (χ2n) is 9.34. The van der Waals surface area contributed by atoms with Crippen LogP contribution < -0.4 is 5.73 Å². The summed E-state index contributed by atoms with van der Waals surface area (Å²) < 4.78 is 47.2. The van der Waals surface area contributed by atoms with Crippen LogP contribution in [0.5, 0.6) is 0 Å². The van der Waals surface area contributed by atoms with Crippen molar-refractivity contribution in [2.24, 2.45) is 5.73 Å². The van der Waals surface area contributed by atoms with Gasteiger partial charge in [0.25, 0.3) is 0 Å². The van der Waals surface area contributed by atoms with Crippen molar-refractivity contribution < 1.29 is 22.3 Å². The minimum atomic E-state index is -3.87. The maximum atomic E-state index is 13.9. The third kappa shape index (κ3) is 7.02. The number of pyridine rings is 1. The molecule has 0 bridgehead atoms. The molecular formula is C26H31FN4O4S. The quantitative estimate of drug-likeness (QED) is 0.477. The van der Waals surface area contributed by atoms with Crippen LogP contribution in [0.2, 0.25) is 0 Å². The largest absolute Gasteiger partial charge is 0.444 e. The third-order valence-corrected chi connectivity index (χ3v) is 6.65. The maximum absolute atomic E-state index is 13.9. The van der Waals surface area contributed by atoms with Crippen molar-refractivity contribution in [2.45, 2.75) is 39.5 Å². The molecule has 0 atom stereocenters. The highest BCUT2D eigenvalue weighted by Crippen LogP contribution is 2.29. The molecule has 1 aromatic carbocycles. The van der Waals surface area contributed by atoms with Crippen LogP contribution in [0, 0.1) is 5.82 Å². The topological polar surface area (TPSA) is 108 Å². The second kappa shape index (κ2) is 11.0. The van der Waals surface area contributed by atoms with Crippen molar-refractivity contribution in [3.63, 3.8) is 0 Å². The van der Waals surface area contributed by atoms with Gasteiger partial charge in [0.05, 0.1) is 18.0 Å². The molecule has 0 unspecified atom stereocenters. The molecule has 2 heterocycles. The zero-order chi connectivity index (χ0) is 26.5. The molecule has 1 amide bonds. The van der Waals surface area contributed by atoms with Crippen LogP contribution in [0.3, 0.4) is 0 Å². The molecule has 8 nitrogen and oxygen atoms in total. The van der Waals surface area contributed by atoms with E-state index in [9.17, 15) is 17.6 Å². The van der Waals surface area contributed by atoms with Crippen molar-refractivity contribution in [2.75, 3.05) is 12.8 Å². The number of amides is 1. The van der Waals surface area contributed by atoms with Gasteiger partial charge < -0.3 is 15.4 Å². The summed E-state index contributed by atoms with van der Waals surface area (Å²) in [5.74, 6) is -0.756. The first-order valence-electron chi connectivity index (χ1n) is 11.3. The van der Waals surface area contributed by atoms with Gasteiger partial charge in [-0.05, 0) is 67.8 Å². The molecule has 192 valence electrons. The lowest BCUT2D eigenvalue weighted by Crippen LogP contribution is -2.33. The van der Waals surface area contributed by atoms with Crippen LogP contribution in [-0.2, 0) is 27.8 Å². The van der Waals surface area contributed by atoms with Gasteiger partial charge in [-0.15, -0.1) is 0 Å². The zero-order valence-electron chi connectivity index (χ0n) is 20.8. The molecule has 3 aromatic rings. The van der Waals surface area contributed by atoms with Crippen molar-refractivity contribution in [1.29, 1.82) is 0 Å². The van der Waals surface area contributed by atoms with Gasteiger partial charge in [-0.3, -0.25) is 4.98 Å². The summed E-state index contributed by atoms with van der Waals surface area (Å²) in [4.78, 5) is 17.8. The highest BCUT2D eigenvalue weighted by Gasteiger charge is 2.23. The normalized spacial score (nSPS) is 12.2. The van der Waals surface area contributed by atoms with E-state index >= 15 is 0 Å². The molecule has 0 aliphatic rings. The molecule has 0 saturated heterocycles. The predicted molar refractivity (Wildman–Crippen MR) is 138 cm³/mol. The average molecular weight is 515 g/mol. The summed E-state index contributed by atoms with van der Waals surface area (Å²) in [6, 6.07) is 9.28. The predicted octanol–water partition coefficient (Wildman–Crippen LogP) is 4.41. The molecule has 0 aliphatic carbocycles. The first-order valence-corrected chi connectivity index (χ1v) is 12.9. The summed E-state index contributed by atoms with van der Waals surface area (Å²) in [6.45, 7) is 5.42. The van der Waals surface area contributed by atoms with Crippen molar-refractivity contribution >= 4 is 22.2 Å². The monoisotopic (exact) mass is 514 g/mol. The maximum Gasteiger partial charge on any atom is 0.410 e. The van der Waals surface area contributed by atoms with Crippen LogP contribution in [0.4, 0.5) is 9.18 Å². The number of hydrogen-bond acceptors (Lipinski definition) is 6. The van der Waals surface area contributed by atoms with Gasteiger partial charge in [-0.1, -0.05) is 18.2 Å². The van der Waals surface area contributed by atoms with Crippen LogP contribution in [0.15, 0.2) is 61.1 Å². The van der Waals surface area contributed by atoms with Gasteiger partial charge in [0.1, 0.15) is 11.4 Å². The average Bonchev–Trinajstić information content (AvgIpc) is 3.23. The first kappa shape index (κ1) is 27.1. The first-order chi connectivity index (χ1) is 16.9. The molecule has 0 radical (unpaired) electrons. The zero-order valence-corrected chi connectivity index (χ0v) is 21.6. The molecule has 36 heavy (non-hydrogen) atoms. The SMILES string of the molecule is CN(Cc1cc(-c2ccc(F)cc2CN)n(S(=O)(=O)CC=Cc2cccnc2)c1)C(=O)OC(C)(C)C. The van der Waals surface area contributed by atoms with E-state index in [0.717, 1.165) is 9.54 Å². The Morgan fingerprint density at radius 2 is 2.00 bits per heavy atom. The molecule has 3 rings (SSSR count). The number of carbonyl (C=O) groups is 1. The van der Waals surface area contributed by atoms with E-state index in [0.29, 0.717) is 22.4 Å². The molecule has 2 aromatic heterocycles. The standard InChI is InChI=1S/C26H31FN4O4S/c1-26(2,3)35-25(32)30(4)17-20-13-24(23-10-9-22(27)14-21(23)15-28)31(18-20)36(33,34)12-6-8-19-7-5-11-29-16-19/h5-11,13-14,16,18H,12,15,17,28H2,1-4H3. The number of halogens is 1. The number of hydrogen-bond donors (Lipinski definition) is 1. The molecule has 10 heteroatoms. The Labute approximate surface area is 211 Å². The van der Waals surface area contributed by atoms with E-state index in [2.05, 4.69) is 4.98 Å². The molecule has 0 aliphatic heterocycles. The molecular weight excluding hydrogens is 483 g/mol. The van der Waals surface area contributed by atoms with Crippen molar-refractivity contribution in [1.82, 2.24) is 13.9 Å². The Balaban J connectivity index is 1.99. The highest BCUT2D eigenvalue weighted by molar-refractivity contribution is 7.90. The van der Waals surface area contributed by atoms with Crippen molar-refractivity contribution in [3.05, 3.63) is 83.6 Å². The number of ether oxygens (including phenoxy) is 1. The fraction of sp³-hybridized carbons (Fsp3) is 0.308. The van der Waals surface area contributed by atoms with Crippen molar-refractivity contribution in [3.8, 4) is 11.3 Å². The highest BCUT2D eigenvalue weighted by atomic mass is 32.2. The summed E-state index contributed by atoms with van der Waals surface area (Å²) in [6.07, 6.45) is 7.40. The van der Waals surface area contributed by atoms with Gasteiger partial charge in [0.2, 0.25) is 10.0 Å². The van der Waals surface area contributed by atoms with Crippen LogP contribution >= 0.6 is 0 Å². The lowest BCUT2D eigenvalue weighted by atomic mass is 10.0. The number of benzene rings is 1. The van der Waals surface area contributed by atoms with Gasteiger partial charge in [-0.2, -0.15) is 0 Å². The second-order valence-corrected chi connectivity index (χ2v) is 11.2. The van der Waals surface area contributed by atoms with E-state index in [4.69, 9.17) is 10.5 Å².